The van der Waals surface area contributed by atoms with E-state index in [0.29, 0.717) is 23.4 Å². The number of anilines is 1. The highest BCUT2D eigenvalue weighted by molar-refractivity contribution is 6.04. The Morgan fingerprint density at radius 1 is 0.862 bits per heavy atom. The van der Waals surface area contributed by atoms with Crippen molar-refractivity contribution in [1.29, 1.82) is 0 Å². The van der Waals surface area contributed by atoms with Gasteiger partial charge in [-0.2, -0.15) is 0 Å². The SMILES string of the molecule is CCCCCOc1ccc(C(=O)Nc2ccc(C(=O)NCC(=O)OC)cc2)cc1. The fourth-order valence-corrected chi connectivity index (χ4v) is 2.48. The van der Waals surface area contributed by atoms with Gasteiger partial charge in [0.05, 0.1) is 13.7 Å². The third kappa shape index (κ3) is 7.29. The number of esters is 1. The number of nitrogens with one attached hydrogen (secondary N) is 2. The molecule has 0 aliphatic rings. The van der Waals surface area contributed by atoms with E-state index < -0.39 is 11.9 Å². The number of unbranched alkanes of at least 4 members (excludes halogenated alkanes) is 2. The second-order valence-electron chi connectivity index (χ2n) is 6.37. The first-order valence-electron chi connectivity index (χ1n) is 9.52. The van der Waals surface area contributed by atoms with Crippen molar-refractivity contribution >= 4 is 23.5 Å². The lowest BCUT2D eigenvalue weighted by Gasteiger charge is -2.09. The van der Waals surface area contributed by atoms with Crippen LogP contribution < -0.4 is 15.4 Å². The molecule has 2 aromatic carbocycles. The molecule has 0 heterocycles. The molecule has 7 nitrogen and oxygen atoms in total. The standard InChI is InChI=1S/C22H26N2O5/c1-3-4-5-14-29-19-12-8-17(9-13-19)22(27)24-18-10-6-16(7-11-18)21(26)23-15-20(25)28-2/h6-13H,3-5,14-15H2,1-2H3,(H,23,26)(H,24,27). The molecule has 0 saturated heterocycles. The van der Waals surface area contributed by atoms with Gasteiger partial charge in [-0.1, -0.05) is 19.8 Å². The predicted molar refractivity (Wildman–Crippen MR) is 110 cm³/mol. The zero-order chi connectivity index (χ0) is 21.1. The third-order valence-corrected chi connectivity index (χ3v) is 4.16. The van der Waals surface area contributed by atoms with Gasteiger partial charge in [0, 0.05) is 16.8 Å². The second-order valence-corrected chi connectivity index (χ2v) is 6.37. The van der Waals surface area contributed by atoms with Crippen LogP contribution in [-0.2, 0) is 9.53 Å². The molecule has 0 fully saturated rings. The molecule has 2 aromatic rings. The van der Waals surface area contributed by atoms with Crippen LogP contribution in [-0.4, -0.2) is 38.0 Å². The molecular weight excluding hydrogens is 372 g/mol. The lowest BCUT2D eigenvalue weighted by atomic mass is 10.1. The van der Waals surface area contributed by atoms with Gasteiger partial charge in [-0.25, -0.2) is 0 Å². The minimum Gasteiger partial charge on any atom is -0.494 e. The largest absolute Gasteiger partial charge is 0.494 e. The van der Waals surface area contributed by atoms with Gasteiger partial charge < -0.3 is 20.1 Å². The van der Waals surface area contributed by atoms with Gasteiger partial charge in [-0.3, -0.25) is 14.4 Å². The van der Waals surface area contributed by atoms with E-state index in [1.165, 1.54) is 7.11 Å². The number of ether oxygens (including phenoxy) is 2. The Hall–Kier alpha value is -3.35. The summed E-state index contributed by atoms with van der Waals surface area (Å²) in [4.78, 5) is 35.4. The van der Waals surface area contributed by atoms with Crippen LogP contribution in [0.4, 0.5) is 5.69 Å². The molecule has 7 heteroatoms. The summed E-state index contributed by atoms with van der Waals surface area (Å²) in [7, 11) is 1.25. The molecule has 2 rings (SSSR count). The smallest absolute Gasteiger partial charge is 0.325 e. The van der Waals surface area contributed by atoms with Crippen molar-refractivity contribution in [3.63, 3.8) is 0 Å². The van der Waals surface area contributed by atoms with Crippen molar-refractivity contribution in [2.75, 3.05) is 25.6 Å². The van der Waals surface area contributed by atoms with Crippen molar-refractivity contribution in [2.45, 2.75) is 26.2 Å². The van der Waals surface area contributed by atoms with Gasteiger partial charge in [0.15, 0.2) is 0 Å². The van der Waals surface area contributed by atoms with E-state index in [0.717, 1.165) is 25.0 Å². The van der Waals surface area contributed by atoms with Crippen LogP contribution in [0.25, 0.3) is 0 Å². The third-order valence-electron chi connectivity index (χ3n) is 4.16. The highest BCUT2D eigenvalue weighted by Gasteiger charge is 2.10. The maximum atomic E-state index is 12.4. The van der Waals surface area contributed by atoms with Gasteiger partial charge in [-0.05, 0) is 55.0 Å². The van der Waals surface area contributed by atoms with E-state index in [4.69, 9.17) is 4.74 Å². The Balaban J connectivity index is 1.87. The number of amides is 2. The van der Waals surface area contributed by atoms with Crippen LogP contribution in [0, 0.1) is 0 Å². The van der Waals surface area contributed by atoms with E-state index in [1.807, 2.05) is 0 Å². The van der Waals surface area contributed by atoms with Crippen LogP contribution in [0.3, 0.4) is 0 Å². The summed E-state index contributed by atoms with van der Waals surface area (Å²) in [6.45, 7) is 2.60. The average Bonchev–Trinajstić information content (AvgIpc) is 2.75. The van der Waals surface area contributed by atoms with E-state index >= 15 is 0 Å². The molecule has 0 bridgehead atoms. The molecule has 2 N–H and O–H groups in total. The summed E-state index contributed by atoms with van der Waals surface area (Å²) in [5.74, 6) is -0.451. The fourth-order valence-electron chi connectivity index (χ4n) is 2.48. The van der Waals surface area contributed by atoms with Gasteiger partial charge in [0.1, 0.15) is 12.3 Å². The molecule has 0 atom stereocenters. The fraction of sp³-hybridized carbons (Fsp3) is 0.318. The summed E-state index contributed by atoms with van der Waals surface area (Å²) in [5.41, 5.74) is 1.43. The first-order chi connectivity index (χ1) is 14.0. The number of benzene rings is 2. The van der Waals surface area contributed by atoms with Crippen molar-refractivity contribution in [2.24, 2.45) is 0 Å². The molecule has 0 aromatic heterocycles. The van der Waals surface area contributed by atoms with Crippen molar-refractivity contribution < 1.29 is 23.9 Å². The summed E-state index contributed by atoms with van der Waals surface area (Å²) in [6, 6.07) is 13.3. The second kappa shape index (κ2) is 11.5. The highest BCUT2D eigenvalue weighted by atomic mass is 16.5. The van der Waals surface area contributed by atoms with Crippen molar-refractivity contribution in [3.8, 4) is 5.75 Å². The van der Waals surface area contributed by atoms with Crippen LogP contribution in [0.5, 0.6) is 5.75 Å². The average molecular weight is 398 g/mol. The van der Waals surface area contributed by atoms with Crippen LogP contribution in [0.15, 0.2) is 48.5 Å². The lowest BCUT2D eigenvalue weighted by Crippen LogP contribution is -2.30. The van der Waals surface area contributed by atoms with Crippen molar-refractivity contribution in [1.82, 2.24) is 5.32 Å². The summed E-state index contributed by atoms with van der Waals surface area (Å²) < 4.78 is 10.1. The lowest BCUT2D eigenvalue weighted by molar-refractivity contribution is -0.139. The number of hydrogen-bond acceptors (Lipinski definition) is 5. The van der Waals surface area contributed by atoms with E-state index in [2.05, 4.69) is 22.3 Å². The normalized spacial score (nSPS) is 10.1. The minimum atomic E-state index is -0.528. The quantitative estimate of drug-likeness (QED) is 0.472. The van der Waals surface area contributed by atoms with Gasteiger partial charge >= 0.3 is 5.97 Å². The highest BCUT2D eigenvalue weighted by Crippen LogP contribution is 2.15. The van der Waals surface area contributed by atoms with Gasteiger partial charge in [-0.15, -0.1) is 0 Å². The monoisotopic (exact) mass is 398 g/mol. The first-order valence-corrected chi connectivity index (χ1v) is 9.52. The number of carbonyl (C=O) groups is 3. The van der Waals surface area contributed by atoms with Crippen LogP contribution in [0.1, 0.15) is 46.9 Å². The molecule has 0 unspecified atom stereocenters. The number of methoxy groups -OCH3 is 1. The van der Waals surface area contributed by atoms with Gasteiger partial charge in [0.25, 0.3) is 11.8 Å². The molecule has 29 heavy (non-hydrogen) atoms. The molecular formula is C22H26N2O5. The molecule has 2 amide bonds. The Morgan fingerprint density at radius 3 is 2.10 bits per heavy atom. The van der Waals surface area contributed by atoms with Gasteiger partial charge in [0.2, 0.25) is 0 Å². The first kappa shape index (κ1) is 21.9. The zero-order valence-electron chi connectivity index (χ0n) is 16.7. The Bertz CT molecular complexity index is 816. The maximum absolute atomic E-state index is 12.4. The Labute approximate surface area is 170 Å². The summed E-state index contributed by atoms with van der Waals surface area (Å²) in [6.07, 6.45) is 3.28. The van der Waals surface area contributed by atoms with Crippen LogP contribution >= 0.6 is 0 Å². The Morgan fingerprint density at radius 2 is 1.48 bits per heavy atom. The number of rotatable bonds is 10. The van der Waals surface area contributed by atoms with E-state index in [1.54, 1.807) is 48.5 Å². The van der Waals surface area contributed by atoms with Crippen molar-refractivity contribution in [3.05, 3.63) is 59.7 Å². The number of hydrogen-bond donors (Lipinski definition) is 2. The van der Waals surface area contributed by atoms with E-state index in [9.17, 15) is 14.4 Å². The summed E-state index contributed by atoms with van der Waals surface area (Å²) >= 11 is 0. The van der Waals surface area contributed by atoms with Crippen LogP contribution in [0.2, 0.25) is 0 Å². The predicted octanol–water partition coefficient (Wildman–Crippen LogP) is 3.41. The number of carbonyl (C=O) groups excluding carboxylic acids is 3. The zero-order valence-corrected chi connectivity index (χ0v) is 16.7. The maximum Gasteiger partial charge on any atom is 0.325 e. The topological polar surface area (TPSA) is 93.7 Å². The summed E-state index contributed by atoms with van der Waals surface area (Å²) in [5, 5.41) is 5.23. The molecule has 154 valence electrons. The Kier molecular flexibility index (Phi) is 8.69. The molecule has 0 radical (unpaired) electrons. The molecule has 0 spiro atoms. The minimum absolute atomic E-state index is 0.202. The molecule has 0 aliphatic carbocycles. The molecule has 0 saturated carbocycles. The van der Waals surface area contributed by atoms with E-state index in [-0.39, 0.29) is 12.5 Å². The molecule has 0 aliphatic heterocycles.